The first-order chi connectivity index (χ1) is 15.8. The molecule has 0 spiro atoms. The molecule has 190 valence electrons. The third-order valence-electron chi connectivity index (χ3n) is 7.04. The van der Waals surface area contributed by atoms with E-state index in [1.165, 1.54) is 5.57 Å². The lowest BCUT2D eigenvalue weighted by atomic mass is 9.73. The van der Waals surface area contributed by atoms with Gasteiger partial charge in [-0.05, 0) is 50.7 Å². The molecule has 5 atom stereocenters. The van der Waals surface area contributed by atoms with Gasteiger partial charge in [-0.3, -0.25) is 9.59 Å². The Labute approximate surface area is 203 Å². The van der Waals surface area contributed by atoms with Crippen LogP contribution in [0.2, 0.25) is 0 Å². The molecule has 0 aliphatic carbocycles. The lowest BCUT2D eigenvalue weighted by Gasteiger charge is -2.34. The van der Waals surface area contributed by atoms with E-state index in [9.17, 15) is 19.8 Å². The van der Waals surface area contributed by atoms with E-state index in [2.05, 4.69) is 11.1 Å². The van der Waals surface area contributed by atoms with E-state index < -0.39 is 35.6 Å². The van der Waals surface area contributed by atoms with Crippen LogP contribution in [0.5, 0.6) is 0 Å². The molecule has 7 nitrogen and oxygen atoms in total. The number of allylic oxidation sites excluding steroid dienone is 1. The average molecular weight is 476 g/mol. The molecule has 0 saturated carbocycles. The smallest absolute Gasteiger partial charge is 0.309 e. The van der Waals surface area contributed by atoms with Crippen molar-refractivity contribution in [2.45, 2.75) is 98.9 Å². The van der Waals surface area contributed by atoms with Gasteiger partial charge in [-0.25, -0.2) is 4.98 Å². The van der Waals surface area contributed by atoms with Crippen molar-refractivity contribution >= 4 is 17.8 Å². The summed E-state index contributed by atoms with van der Waals surface area (Å²) in [5.74, 6) is -0.995. The van der Waals surface area contributed by atoms with E-state index in [4.69, 9.17) is 9.15 Å². The summed E-state index contributed by atoms with van der Waals surface area (Å²) in [6.45, 7) is 12.6. The summed E-state index contributed by atoms with van der Waals surface area (Å²) in [5.41, 5.74) is 1.42. The number of carbonyl (C=O) groups excluding carboxylic acids is 2. The van der Waals surface area contributed by atoms with E-state index in [0.717, 1.165) is 24.8 Å². The fraction of sp³-hybridized carbons (Fsp3) is 0.667. The molecule has 0 aromatic carbocycles. The predicted octanol–water partition coefficient (Wildman–Crippen LogP) is 4.80. The van der Waals surface area contributed by atoms with Crippen LogP contribution in [0, 0.1) is 24.2 Å². The SMILES string of the molecule is CC1=CCC(C(C)=Cc2coc(C)n2)OC(=O)CC(O)C(C)(C)C(=O)C(C)C(O)C(C)CCC1. The maximum atomic E-state index is 13.2. The number of aromatic nitrogens is 1. The zero-order chi connectivity index (χ0) is 25.6. The number of Topliss-reactive ketones (excluding diaryl/α,β-unsaturated/α-hetero) is 1. The molecule has 2 N–H and O–H groups in total. The minimum atomic E-state index is -1.23. The van der Waals surface area contributed by atoms with Gasteiger partial charge < -0.3 is 19.4 Å². The van der Waals surface area contributed by atoms with Crippen LogP contribution in [-0.2, 0) is 14.3 Å². The quantitative estimate of drug-likeness (QED) is 0.467. The minimum absolute atomic E-state index is 0.0543. The van der Waals surface area contributed by atoms with Crippen molar-refractivity contribution in [3.05, 3.63) is 35.1 Å². The van der Waals surface area contributed by atoms with Gasteiger partial charge in [0.1, 0.15) is 23.8 Å². The summed E-state index contributed by atoms with van der Waals surface area (Å²) in [6, 6.07) is 0. The molecule has 34 heavy (non-hydrogen) atoms. The third-order valence-corrected chi connectivity index (χ3v) is 7.04. The monoisotopic (exact) mass is 475 g/mol. The van der Waals surface area contributed by atoms with Crippen LogP contribution in [0.1, 0.15) is 85.2 Å². The van der Waals surface area contributed by atoms with Crippen LogP contribution in [0.15, 0.2) is 27.9 Å². The molecule has 1 aromatic heterocycles. The van der Waals surface area contributed by atoms with Crippen molar-refractivity contribution < 1.29 is 29.0 Å². The highest BCUT2D eigenvalue weighted by molar-refractivity contribution is 5.88. The summed E-state index contributed by atoms with van der Waals surface area (Å²) in [6.07, 6.45) is 5.58. The summed E-state index contributed by atoms with van der Waals surface area (Å²) in [5, 5.41) is 21.6. The number of aliphatic hydroxyl groups excluding tert-OH is 2. The first-order valence-electron chi connectivity index (χ1n) is 12.2. The number of hydrogen-bond donors (Lipinski definition) is 2. The Morgan fingerprint density at radius 1 is 1.21 bits per heavy atom. The summed E-state index contributed by atoms with van der Waals surface area (Å²) in [4.78, 5) is 30.3. The van der Waals surface area contributed by atoms with Gasteiger partial charge in [0.15, 0.2) is 5.89 Å². The van der Waals surface area contributed by atoms with Crippen molar-refractivity contribution in [3.63, 3.8) is 0 Å². The van der Waals surface area contributed by atoms with Gasteiger partial charge in [0.25, 0.3) is 0 Å². The molecule has 7 heteroatoms. The molecule has 0 amide bonds. The zero-order valence-corrected chi connectivity index (χ0v) is 21.6. The van der Waals surface area contributed by atoms with Gasteiger partial charge in [-0.1, -0.05) is 39.3 Å². The second-order valence-corrected chi connectivity index (χ2v) is 10.4. The summed E-state index contributed by atoms with van der Waals surface area (Å²) in [7, 11) is 0. The normalized spacial score (nSPS) is 30.6. The van der Waals surface area contributed by atoms with Crippen LogP contribution in [0.3, 0.4) is 0 Å². The topological polar surface area (TPSA) is 110 Å². The van der Waals surface area contributed by atoms with Gasteiger partial charge in [0, 0.05) is 19.3 Å². The van der Waals surface area contributed by atoms with Crippen molar-refractivity contribution in [2.24, 2.45) is 17.3 Å². The Balaban J connectivity index is 2.33. The highest BCUT2D eigenvalue weighted by Crippen LogP contribution is 2.32. The van der Waals surface area contributed by atoms with E-state index in [1.807, 2.05) is 26.8 Å². The van der Waals surface area contributed by atoms with Crippen molar-refractivity contribution in [1.82, 2.24) is 4.98 Å². The van der Waals surface area contributed by atoms with Crippen LogP contribution >= 0.6 is 0 Å². The van der Waals surface area contributed by atoms with Crippen LogP contribution in [-0.4, -0.2) is 45.3 Å². The fourth-order valence-electron chi connectivity index (χ4n) is 4.40. The van der Waals surface area contributed by atoms with Gasteiger partial charge in [-0.2, -0.15) is 0 Å². The van der Waals surface area contributed by atoms with E-state index >= 15 is 0 Å². The number of ketones is 1. The molecular weight excluding hydrogens is 434 g/mol. The average Bonchev–Trinajstić information content (AvgIpc) is 3.18. The zero-order valence-electron chi connectivity index (χ0n) is 21.6. The molecule has 0 radical (unpaired) electrons. The largest absolute Gasteiger partial charge is 0.457 e. The number of carbonyl (C=O) groups is 2. The van der Waals surface area contributed by atoms with Crippen LogP contribution in [0.4, 0.5) is 0 Å². The summed E-state index contributed by atoms with van der Waals surface area (Å²) < 4.78 is 11.0. The number of hydrogen-bond acceptors (Lipinski definition) is 7. The fourth-order valence-corrected chi connectivity index (χ4v) is 4.40. The van der Waals surface area contributed by atoms with Crippen molar-refractivity contribution in [3.8, 4) is 0 Å². The standard InChI is InChI=1S/C27H41NO6/c1-16-9-8-10-17(2)25(31)19(4)26(32)27(6,7)23(29)14-24(30)34-22(12-11-16)18(3)13-21-15-33-20(5)28-21/h11,13,15,17,19,22-23,25,29,31H,8-10,12,14H2,1-7H3. The van der Waals surface area contributed by atoms with E-state index in [0.29, 0.717) is 18.0 Å². The molecule has 1 aliphatic rings. The molecule has 0 fully saturated rings. The number of nitrogens with zero attached hydrogens (tertiary/aromatic N) is 1. The maximum absolute atomic E-state index is 13.2. The van der Waals surface area contributed by atoms with Gasteiger partial charge in [-0.15, -0.1) is 0 Å². The van der Waals surface area contributed by atoms with Gasteiger partial charge >= 0.3 is 5.97 Å². The highest BCUT2D eigenvalue weighted by Gasteiger charge is 2.42. The number of ether oxygens (including phenoxy) is 1. The molecule has 2 rings (SSSR count). The summed E-state index contributed by atoms with van der Waals surface area (Å²) >= 11 is 0. The molecule has 2 heterocycles. The molecule has 1 aliphatic heterocycles. The van der Waals surface area contributed by atoms with E-state index in [-0.39, 0.29) is 18.1 Å². The number of aliphatic hydroxyl groups is 2. The maximum Gasteiger partial charge on any atom is 0.309 e. The first kappa shape index (κ1) is 28.0. The molecule has 1 aromatic rings. The Morgan fingerprint density at radius 3 is 2.50 bits per heavy atom. The molecule has 0 saturated heterocycles. The Kier molecular flexibility index (Phi) is 9.83. The Morgan fingerprint density at radius 2 is 1.88 bits per heavy atom. The minimum Gasteiger partial charge on any atom is -0.457 e. The van der Waals surface area contributed by atoms with E-state index in [1.54, 1.807) is 34.0 Å². The lowest BCUT2D eigenvalue weighted by Crippen LogP contribution is -2.45. The van der Waals surface area contributed by atoms with Gasteiger partial charge in [0.2, 0.25) is 0 Å². The number of rotatable bonds is 2. The number of cyclic esters (lactones) is 1. The molecule has 0 bridgehead atoms. The predicted molar refractivity (Wildman–Crippen MR) is 131 cm³/mol. The second-order valence-electron chi connectivity index (χ2n) is 10.4. The Bertz CT molecular complexity index is 912. The third kappa shape index (κ3) is 7.37. The van der Waals surface area contributed by atoms with Crippen molar-refractivity contribution in [1.29, 1.82) is 0 Å². The molecule has 5 unspecified atom stereocenters. The van der Waals surface area contributed by atoms with Crippen molar-refractivity contribution in [2.75, 3.05) is 0 Å². The lowest BCUT2D eigenvalue weighted by molar-refractivity contribution is -0.154. The number of oxazole rings is 1. The number of aryl methyl sites for hydroxylation is 1. The number of esters is 1. The first-order valence-corrected chi connectivity index (χ1v) is 12.2. The van der Waals surface area contributed by atoms with Crippen LogP contribution in [0.25, 0.3) is 6.08 Å². The van der Waals surface area contributed by atoms with Crippen LogP contribution < -0.4 is 0 Å². The second kappa shape index (κ2) is 11.9. The highest BCUT2D eigenvalue weighted by atomic mass is 16.5. The molecular formula is C27H41NO6. The Hall–Kier alpha value is -2.25. The van der Waals surface area contributed by atoms with Gasteiger partial charge in [0.05, 0.1) is 24.0 Å².